The Morgan fingerprint density at radius 1 is 1.47 bits per heavy atom. The molecular weight excluding hydrogens is 274 g/mol. The third-order valence-electron chi connectivity index (χ3n) is 2.46. The summed E-state index contributed by atoms with van der Waals surface area (Å²) in [6.07, 6.45) is 0.364. The zero-order valence-corrected chi connectivity index (χ0v) is 10.3. The van der Waals surface area contributed by atoms with E-state index in [9.17, 15) is 19.2 Å². The number of piperidine rings is 1. The van der Waals surface area contributed by atoms with Gasteiger partial charge in [0.1, 0.15) is 6.04 Å². The van der Waals surface area contributed by atoms with Gasteiger partial charge in [0, 0.05) is 11.8 Å². The number of carbonyl (C=O) groups excluding carboxylic acids is 3. The predicted molar refractivity (Wildman–Crippen MR) is 62.7 cm³/mol. The van der Waals surface area contributed by atoms with Crippen LogP contribution in [0.3, 0.4) is 0 Å². The minimum atomic E-state index is -1.23. The molecule has 1 aromatic heterocycles. The molecule has 0 saturated carbocycles. The molecule has 0 radical (unpaired) electrons. The van der Waals surface area contributed by atoms with E-state index in [1.54, 1.807) is 0 Å². The fourth-order valence-corrected chi connectivity index (χ4v) is 2.22. The number of thiazole rings is 1. The monoisotopic (exact) mass is 283 g/mol. The molecule has 2 rings (SSSR count). The van der Waals surface area contributed by atoms with E-state index in [1.165, 1.54) is 5.38 Å². The Morgan fingerprint density at radius 3 is 2.79 bits per heavy atom. The molecule has 0 aliphatic carbocycles. The van der Waals surface area contributed by atoms with E-state index in [-0.39, 0.29) is 29.5 Å². The van der Waals surface area contributed by atoms with Gasteiger partial charge in [0.05, 0.1) is 0 Å². The lowest BCUT2D eigenvalue weighted by Gasteiger charge is -2.21. The van der Waals surface area contributed by atoms with Crippen molar-refractivity contribution in [3.05, 3.63) is 16.1 Å². The van der Waals surface area contributed by atoms with Gasteiger partial charge in [0.2, 0.25) is 11.8 Å². The van der Waals surface area contributed by atoms with Crippen molar-refractivity contribution in [2.45, 2.75) is 18.9 Å². The van der Waals surface area contributed by atoms with Gasteiger partial charge in [-0.15, -0.1) is 11.3 Å². The molecule has 1 unspecified atom stereocenters. The van der Waals surface area contributed by atoms with Crippen molar-refractivity contribution >= 4 is 35.0 Å². The fourth-order valence-electron chi connectivity index (χ4n) is 1.53. The largest absolute Gasteiger partial charge is 0.476 e. The molecule has 0 spiro atoms. The van der Waals surface area contributed by atoms with Gasteiger partial charge in [-0.3, -0.25) is 19.7 Å². The van der Waals surface area contributed by atoms with Crippen LogP contribution in [0.15, 0.2) is 5.38 Å². The molecule has 1 saturated heterocycles. The lowest BCUT2D eigenvalue weighted by atomic mass is 10.1. The average molecular weight is 283 g/mol. The summed E-state index contributed by atoms with van der Waals surface area (Å²) in [6, 6.07) is -0.803. The molecule has 3 amide bonds. The smallest absolute Gasteiger partial charge is 0.355 e. The molecule has 1 aromatic rings. The minimum Gasteiger partial charge on any atom is -0.476 e. The number of carboxylic acid groups (broad SMARTS) is 1. The van der Waals surface area contributed by atoms with Crippen molar-refractivity contribution in [2.75, 3.05) is 0 Å². The number of hydrogen-bond acceptors (Lipinski definition) is 6. The topological polar surface area (TPSA) is 125 Å². The number of hydrogen-bond donors (Lipinski definition) is 3. The van der Waals surface area contributed by atoms with Crippen molar-refractivity contribution in [2.24, 2.45) is 0 Å². The Hall–Kier alpha value is -2.29. The Labute approximate surface area is 110 Å². The molecule has 1 atom stereocenters. The van der Waals surface area contributed by atoms with Crippen LogP contribution in [0.2, 0.25) is 0 Å². The van der Waals surface area contributed by atoms with Crippen LogP contribution in [0.1, 0.15) is 33.1 Å². The maximum Gasteiger partial charge on any atom is 0.355 e. The summed E-state index contributed by atoms with van der Waals surface area (Å²) in [5.41, 5.74) is -0.224. The molecule has 9 heteroatoms. The normalized spacial score (nSPS) is 18.8. The van der Waals surface area contributed by atoms with Crippen LogP contribution >= 0.6 is 11.3 Å². The van der Waals surface area contributed by atoms with Gasteiger partial charge in [0.25, 0.3) is 5.91 Å². The van der Waals surface area contributed by atoms with Crippen molar-refractivity contribution in [1.82, 2.24) is 15.6 Å². The first-order valence-electron chi connectivity index (χ1n) is 5.30. The van der Waals surface area contributed by atoms with Crippen molar-refractivity contribution < 1.29 is 24.3 Å². The second-order valence-electron chi connectivity index (χ2n) is 3.82. The third kappa shape index (κ3) is 2.94. The Kier molecular flexibility index (Phi) is 3.56. The number of nitrogens with one attached hydrogen (secondary N) is 2. The summed E-state index contributed by atoms with van der Waals surface area (Å²) in [7, 11) is 0. The summed E-state index contributed by atoms with van der Waals surface area (Å²) >= 11 is 0.874. The van der Waals surface area contributed by atoms with E-state index in [0.29, 0.717) is 0 Å². The molecule has 0 aromatic carbocycles. The molecule has 3 N–H and O–H groups in total. The predicted octanol–water partition coefficient (Wildman–Crippen LogP) is -0.624. The maximum absolute atomic E-state index is 11.8. The van der Waals surface area contributed by atoms with E-state index in [4.69, 9.17) is 5.11 Å². The fraction of sp³-hybridized carbons (Fsp3) is 0.300. The highest BCUT2D eigenvalue weighted by Crippen LogP contribution is 2.11. The molecule has 1 aliphatic heterocycles. The highest BCUT2D eigenvalue weighted by atomic mass is 32.1. The SMILES string of the molecule is O=C1CCC(NC(=O)c2nc(C(=O)O)cs2)C(=O)N1. The molecule has 0 bridgehead atoms. The molecular formula is C10H9N3O5S. The van der Waals surface area contributed by atoms with E-state index in [0.717, 1.165) is 11.3 Å². The van der Waals surface area contributed by atoms with Crippen molar-refractivity contribution in [1.29, 1.82) is 0 Å². The van der Waals surface area contributed by atoms with E-state index in [1.807, 2.05) is 0 Å². The first kappa shape index (κ1) is 13.1. The van der Waals surface area contributed by atoms with Gasteiger partial charge in [-0.1, -0.05) is 0 Å². The zero-order valence-electron chi connectivity index (χ0n) is 9.50. The van der Waals surface area contributed by atoms with Crippen LogP contribution in [0.5, 0.6) is 0 Å². The average Bonchev–Trinajstić information content (AvgIpc) is 2.82. The van der Waals surface area contributed by atoms with Crippen LogP contribution in [-0.4, -0.2) is 39.8 Å². The number of aromatic nitrogens is 1. The second-order valence-corrected chi connectivity index (χ2v) is 4.68. The molecule has 8 nitrogen and oxygen atoms in total. The van der Waals surface area contributed by atoms with Crippen LogP contribution < -0.4 is 10.6 Å². The number of imide groups is 1. The number of nitrogens with zero attached hydrogens (tertiary/aromatic N) is 1. The Balaban J connectivity index is 2.02. The molecule has 100 valence electrons. The first-order chi connectivity index (χ1) is 8.97. The number of carboxylic acids is 1. The lowest BCUT2D eigenvalue weighted by Crippen LogP contribution is -2.52. The van der Waals surface area contributed by atoms with Gasteiger partial charge < -0.3 is 10.4 Å². The van der Waals surface area contributed by atoms with E-state index >= 15 is 0 Å². The lowest BCUT2D eigenvalue weighted by molar-refractivity contribution is -0.134. The summed E-state index contributed by atoms with van der Waals surface area (Å²) in [4.78, 5) is 48.4. The summed E-state index contributed by atoms with van der Waals surface area (Å²) in [6.45, 7) is 0. The van der Waals surface area contributed by atoms with Crippen molar-refractivity contribution in [3.8, 4) is 0 Å². The first-order valence-corrected chi connectivity index (χ1v) is 6.18. The van der Waals surface area contributed by atoms with Gasteiger partial charge in [-0.05, 0) is 6.42 Å². The van der Waals surface area contributed by atoms with Crippen LogP contribution in [0.25, 0.3) is 0 Å². The standard InChI is InChI=1S/C10H9N3O5S/c14-6-2-1-4(7(15)13-6)11-8(16)9-12-5(3-19-9)10(17)18/h3-4H,1-2H2,(H,11,16)(H,17,18)(H,13,14,15). The molecule has 1 fully saturated rings. The van der Waals surface area contributed by atoms with Gasteiger partial charge in [-0.25, -0.2) is 9.78 Å². The van der Waals surface area contributed by atoms with Crippen LogP contribution in [-0.2, 0) is 9.59 Å². The van der Waals surface area contributed by atoms with Crippen LogP contribution in [0.4, 0.5) is 0 Å². The number of amides is 3. The quantitative estimate of drug-likeness (QED) is 0.634. The molecule has 2 heterocycles. The summed E-state index contributed by atoms with van der Waals surface area (Å²) < 4.78 is 0. The van der Waals surface area contributed by atoms with Gasteiger partial charge >= 0.3 is 5.97 Å². The molecule has 19 heavy (non-hydrogen) atoms. The van der Waals surface area contributed by atoms with Gasteiger partial charge in [-0.2, -0.15) is 0 Å². The van der Waals surface area contributed by atoms with Gasteiger partial charge in [0.15, 0.2) is 10.7 Å². The number of aromatic carboxylic acids is 1. The summed E-state index contributed by atoms with van der Waals surface area (Å²) in [5, 5.41) is 14.4. The Bertz CT molecular complexity index is 567. The Morgan fingerprint density at radius 2 is 2.21 bits per heavy atom. The third-order valence-corrected chi connectivity index (χ3v) is 3.30. The highest BCUT2D eigenvalue weighted by Gasteiger charge is 2.28. The second kappa shape index (κ2) is 5.14. The van der Waals surface area contributed by atoms with Crippen LogP contribution in [0, 0.1) is 0 Å². The number of rotatable bonds is 3. The summed E-state index contributed by atoms with van der Waals surface area (Å²) in [5.74, 6) is -2.80. The van der Waals surface area contributed by atoms with E-state index in [2.05, 4.69) is 15.6 Å². The minimum absolute atomic E-state index is 0.0397. The maximum atomic E-state index is 11.8. The molecule has 1 aliphatic rings. The van der Waals surface area contributed by atoms with E-state index < -0.39 is 23.8 Å². The number of carbonyl (C=O) groups is 4. The van der Waals surface area contributed by atoms with Crippen molar-refractivity contribution in [3.63, 3.8) is 0 Å². The highest BCUT2D eigenvalue weighted by molar-refractivity contribution is 7.11. The zero-order chi connectivity index (χ0) is 14.0.